The number of hydrogen-bond acceptors (Lipinski definition) is 5. The van der Waals surface area contributed by atoms with E-state index in [0.717, 1.165) is 25.2 Å². The third-order valence-electron chi connectivity index (χ3n) is 4.19. The van der Waals surface area contributed by atoms with E-state index in [0.29, 0.717) is 11.7 Å². The van der Waals surface area contributed by atoms with Crippen LogP contribution in [0.3, 0.4) is 0 Å². The number of aliphatic hydroxyl groups excluding tert-OH is 1. The Morgan fingerprint density at radius 3 is 2.67 bits per heavy atom. The molecule has 2 atom stereocenters. The van der Waals surface area contributed by atoms with E-state index in [4.69, 9.17) is 4.74 Å². The highest BCUT2D eigenvalue weighted by Crippen LogP contribution is 2.34. The van der Waals surface area contributed by atoms with Crippen molar-refractivity contribution in [2.75, 3.05) is 0 Å². The zero-order valence-electron chi connectivity index (χ0n) is 14.3. The molecular weight excluding hydrogens is 308 g/mol. The van der Waals surface area contributed by atoms with Crippen LogP contribution in [0.2, 0.25) is 0 Å². The lowest BCUT2D eigenvalue weighted by Gasteiger charge is -2.28. The summed E-state index contributed by atoms with van der Waals surface area (Å²) in [5.41, 5.74) is -1.15. The molecule has 1 heterocycles. The summed E-state index contributed by atoms with van der Waals surface area (Å²) in [6.07, 6.45) is 9.30. The van der Waals surface area contributed by atoms with Crippen LogP contribution in [0.15, 0.2) is 58.8 Å². The number of hydrogen-bond donors (Lipinski definition) is 2. The molecule has 5 heteroatoms. The summed E-state index contributed by atoms with van der Waals surface area (Å²) >= 11 is 0. The first kappa shape index (κ1) is 17.9. The minimum absolute atomic E-state index is 0.0129. The van der Waals surface area contributed by atoms with Crippen molar-refractivity contribution >= 4 is 11.6 Å². The van der Waals surface area contributed by atoms with Gasteiger partial charge < -0.3 is 14.9 Å². The Kier molecular flexibility index (Phi) is 4.94. The van der Waals surface area contributed by atoms with E-state index in [-0.39, 0.29) is 11.1 Å². The second-order valence-corrected chi connectivity index (χ2v) is 6.32. The van der Waals surface area contributed by atoms with Crippen LogP contribution in [0.25, 0.3) is 0 Å². The van der Waals surface area contributed by atoms with Gasteiger partial charge in [0.05, 0.1) is 5.57 Å². The summed E-state index contributed by atoms with van der Waals surface area (Å²) in [6.45, 7) is 7.26. The van der Waals surface area contributed by atoms with E-state index in [1.165, 1.54) is 6.08 Å². The Morgan fingerprint density at radius 1 is 1.38 bits per heavy atom. The molecule has 2 N–H and O–H groups in total. The van der Waals surface area contributed by atoms with Crippen molar-refractivity contribution < 1.29 is 24.5 Å². The summed E-state index contributed by atoms with van der Waals surface area (Å²) in [7, 11) is 0. The molecule has 0 aromatic rings. The molecule has 0 saturated carbocycles. The molecule has 24 heavy (non-hydrogen) atoms. The lowest BCUT2D eigenvalue weighted by atomic mass is 9.79. The first-order valence-corrected chi connectivity index (χ1v) is 7.89. The number of aliphatic hydroxyl groups is 2. The Bertz CT molecular complexity index is 729. The number of carbonyl (C=O) groups is 2. The number of rotatable bonds is 4. The highest BCUT2D eigenvalue weighted by molar-refractivity contribution is 6.26. The topological polar surface area (TPSA) is 83.8 Å². The van der Waals surface area contributed by atoms with E-state index in [1.807, 2.05) is 13.0 Å². The molecule has 0 aromatic carbocycles. The number of allylic oxidation sites excluding steroid dienone is 6. The second kappa shape index (κ2) is 6.61. The van der Waals surface area contributed by atoms with Crippen LogP contribution in [0.5, 0.6) is 0 Å². The van der Waals surface area contributed by atoms with E-state index >= 15 is 0 Å². The van der Waals surface area contributed by atoms with E-state index in [2.05, 4.69) is 19.9 Å². The first-order chi connectivity index (χ1) is 11.2. The fourth-order valence-electron chi connectivity index (χ4n) is 2.46. The van der Waals surface area contributed by atoms with Gasteiger partial charge in [-0.3, -0.25) is 9.59 Å². The van der Waals surface area contributed by atoms with Gasteiger partial charge in [0.25, 0.3) is 0 Å². The molecule has 0 fully saturated rings. The van der Waals surface area contributed by atoms with E-state index < -0.39 is 22.9 Å². The third-order valence-corrected chi connectivity index (χ3v) is 4.19. The van der Waals surface area contributed by atoms with Crippen LogP contribution >= 0.6 is 0 Å². The van der Waals surface area contributed by atoms with Gasteiger partial charge in [0.1, 0.15) is 12.0 Å². The average Bonchev–Trinajstić information content (AvgIpc) is 2.56. The Balaban J connectivity index is 2.31. The van der Waals surface area contributed by atoms with Gasteiger partial charge in [-0.15, -0.1) is 0 Å². The van der Waals surface area contributed by atoms with Crippen molar-refractivity contribution in [3.8, 4) is 0 Å². The number of carbonyl (C=O) groups excluding carboxylic acids is 2. The lowest BCUT2D eigenvalue weighted by Crippen LogP contribution is -2.49. The minimum Gasteiger partial charge on any atom is -0.504 e. The SMILES string of the molecule is CCC(C)C=C(C)C=CC1=CC2=C(O)C(=O)C(C)(O)C(=O)C2=CO1. The zero-order valence-corrected chi connectivity index (χ0v) is 14.3. The predicted molar refractivity (Wildman–Crippen MR) is 89.9 cm³/mol. The molecule has 1 aliphatic heterocycles. The molecule has 128 valence electrons. The maximum Gasteiger partial charge on any atom is 0.236 e. The number of Topliss-reactive ketones (excluding diaryl/α,β-unsaturated/α-hetero) is 2. The van der Waals surface area contributed by atoms with Crippen LogP contribution in [0, 0.1) is 5.92 Å². The van der Waals surface area contributed by atoms with Gasteiger partial charge in [-0.1, -0.05) is 38.0 Å². The Hall–Kier alpha value is -2.40. The molecule has 2 unspecified atom stereocenters. The molecule has 0 saturated heterocycles. The van der Waals surface area contributed by atoms with Crippen molar-refractivity contribution in [2.24, 2.45) is 5.92 Å². The first-order valence-electron chi connectivity index (χ1n) is 7.89. The average molecular weight is 330 g/mol. The van der Waals surface area contributed by atoms with Gasteiger partial charge in [-0.25, -0.2) is 0 Å². The van der Waals surface area contributed by atoms with Crippen molar-refractivity contribution in [3.63, 3.8) is 0 Å². The van der Waals surface area contributed by atoms with Gasteiger partial charge in [0.15, 0.2) is 11.4 Å². The molecule has 1 aliphatic carbocycles. The van der Waals surface area contributed by atoms with Crippen LogP contribution in [0.1, 0.15) is 34.1 Å². The predicted octanol–water partition coefficient (Wildman–Crippen LogP) is 3.05. The summed E-state index contributed by atoms with van der Waals surface area (Å²) < 4.78 is 5.37. The van der Waals surface area contributed by atoms with Crippen LogP contribution in [-0.2, 0) is 14.3 Å². The summed E-state index contributed by atoms with van der Waals surface area (Å²) in [6, 6.07) is 0. The highest BCUT2D eigenvalue weighted by Gasteiger charge is 2.48. The Morgan fingerprint density at radius 2 is 2.04 bits per heavy atom. The van der Waals surface area contributed by atoms with E-state index in [1.54, 1.807) is 6.08 Å². The molecule has 2 rings (SSSR count). The van der Waals surface area contributed by atoms with Crippen molar-refractivity contribution in [2.45, 2.75) is 39.7 Å². The monoisotopic (exact) mass is 330 g/mol. The molecular formula is C19H22O5. The quantitative estimate of drug-likeness (QED) is 0.611. The fraction of sp³-hybridized carbons (Fsp3) is 0.368. The van der Waals surface area contributed by atoms with Crippen molar-refractivity contribution in [1.29, 1.82) is 0 Å². The molecule has 0 bridgehead atoms. The zero-order chi connectivity index (χ0) is 18.1. The van der Waals surface area contributed by atoms with Gasteiger partial charge in [-0.05, 0) is 31.9 Å². The van der Waals surface area contributed by atoms with Gasteiger partial charge in [0, 0.05) is 5.57 Å². The van der Waals surface area contributed by atoms with Gasteiger partial charge in [-0.2, -0.15) is 0 Å². The normalized spacial score (nSPS) is 26.1. The standard InChI is InChI=1S/C19H22O5/c1-5-11(2)8-12(3)6-7-13-9-14-15(10-24-13)17(21)19(4,23)18(22)16(14)20/h6-11,20,23H,5H2,1-4H3. The minimum atomic E-state index is -2.26. The van der Waals surface area contributed by atoms with Gasteiger partial charge in [0.2, 0.25) is 11.6 Å². The highest BCUT2D eigenvalue weighted by atomic mass is 16.5. The summed E-state index contributed by atoms with van der Waals surface area (Å²) in [5, 5.41) is 20.0. The molecule has 0 radical (unpaired) electrons. The molecule has 0 spiro atoms. The lowest BCUT2D eigenvalue weighted by molar-refractivity contribution is -0.146. The maximum atomic E-state index is 12.1. The molecule has 0 amide bonds. The van der Waals surface area contributed by atoms with Gasteiger partial charge >= 0.3 is 0 Å². The van der Waals surface area contributed by atoms with Crippen molar-refractivity contribution in [3.05, 3.63) is 58.8 Å². The fourth-order valence-corrected chi connectivity index (χ4v) is 2.46. The van der Waals surface area contributed by atoms with Crippen LogP contribution < -0.4 is 0 Å². The number of ketones is 2. The molecule has 0 aromatic heterocycles. The van der Waals surface area contributed by atoms with Crippen LogP contribution in [0.4, 0.5) is 0 Å². The smallest absolute Gasteiger partial charge is 0.236 e. The van der Waals surface area contributed by atoms with Crippen molar-refractivity contribution in [1.82, 2.24) is 0 Å². The third kappa shape index (κ3) is 3.26. The molecule has 5 nitrogen and oxygen atoms in total. The second-order valence-electron chi connectivity index (χ2n) is 6.32. The van der Waals surface area contributed by atoms with E-state index in [9.17, 15) is 19.8 Å². The number of ether oxygens (including phenoxy) is 1. The summed E-state index contributed by atoms with van der Waals surface area (Å²) in [5.74, 6) is -1.57. The Labute approximate surface area is 141 Å². The number of fused-ring (bicyclic) bond motifs is 1. The molecule has 2 aliphatic rings. The van der Waals surface area contributed by atoms with Crippen LogP contribution in [-0.4, -0.2) is 27.4 Å². The summed E-state index contributed by atoms with van der Waals surface area (Å²) in [4.78, 5) is 24.1. The largest absolute Gasteiger partial charge is 0.504 e. The maximum absolute atomic E-state index is 12.1.